The molecule has 30 heavy (non-hydrogen) atoms. The van der Waals surface area contributed by atoms with E-state index >= 15 is 0 Å². The Morgan fingerprint density at radius 2 is 1.77 bits per heavy atom. The predicted octanol–water partition coefficient (Wildman–Crippen LogP) is 5.06. The van der Waals surface area contributed by atoms with Crippen LogP contribution in [0.4, 0.5) is 5.82 Å². The van der Waals surface area contributed by atoms with E-state index in [9.17, 15) is 4.79 Å². The van der Waals surface area contributed by atoms with Crippen molar-refractivity contribution >= 4 is 23.1 Å². The Balaban J connectivity index is 1.37. The second kappa shape index (κ2) is 9.28. The monoisotopic (exact) mass is 416 g/mol. The lowest BCUT2D eigenvalue weighted by Crippen LogP contribution is -2.09. The first-order valence-corrected chi connectivity index (χ1v) is 10.5. The van der Waals surface area contributed by atoms with Gasteiger partial charge in [0.2, 0.25) is 0 Å². The van der Waals surface area contributed by atoms with E-state index in [2.05, 4.69) is 57.3 Å². The zero-order valence-corrected chi connectivity index (χ0v) is 17.2. The van der Waals surface area contributed by atoms with Crippen molar-refractivity contribution < 1.29 is 9.53 Å². The second-order valence-electron chi connectivity index (χ2n) is 6.48. The molecule has 0 atom stereocenters. The maximum atomic E-state index is 11.6. The third kappa shape index (κ3) is 4.69. The SMILES string of the molecule is CCOC(=O)c1ccc(NCc2ccc(-c3nc(-c4ccccc4)cs3)cc2)nn1. The minimum Gasteiger partial charge on any atom is -0.461 e. The van der Waals surface area contributed by atoms with Gasteiger partial charge >= 0.3 is 5.97 Å². The van der Waals surface area contributed by atoms with Gasteiger partial charge in [-0.15, -0.1) is 21.5 Å². The van der Waals surface area contributed by atoms with Crippen LogP contribution < -0.4 is 5.32 Å². The molecule has 0 spiro atoms. The van der Waals surface area contributed by atoms with E-state index in [4.69, 9.17) is 9.72 Å². The molecule has 2 aromatic heterocycles. The van der Waals surface area contributed by atoms with Crippen molar-refractivity contribution in [2.75, 3.05) is 11.9 Å². The Morgan fingerprint density at radius 3 is 2.47 bits per heavy atom. The maximum absolute atomic E-state index is 11.6. The predicted molar refractivity (Wildman–Crippen MR) is 118 cm³/mol. The van der Waals surface area contributed by atoms with Gasteiger partial charge in [-0.1, -0.05) is 54.6 Å². The first-order chi connectivity index (χ1) is 14.7. The molecule has 150 valence electrons. The molecule has 0 bridgehead atoms. The van der Waals surface area contributed by atoms with E-state index in [1.54, 1.807) is 30.4 Å². The highest BCUT2D eigenvalue weighted by Crippen LogP contribution is 2.29. The maximum Gasteiger partial charge on any atom is 0.358 e. The van der Waals surface area contributed by atoms with Crippen LogP contribution in [0.2, 0.25) is 0 Å². The van der Waals surface area contributed by atoms with Gasteiger partial charge in [-0.25, -0.2) is 9.78 Å². The Morgan fingerprint density at radius 1 is 0.967 bits per heavy atom. The summed E-state index contributed by atoms with van der Waals surface area (Å²) in [5.41, 5.74) is 4.51. The number of aromatic nitrogens is 3. The molecule has 2 aromatic carbocycles. The van der Waals surface area contributed by atoms with Gasteiger partial charge < -0.3 is 10.1 Å². The molecule has 0 amide bonds. The first-order valence-electron chi connectivity index (χ1n) is 9.58. The molecule has 4 aromatic rings. The summed E-state index contributed by atoms with van der Waals surface area (Å²) in [6.07, 6.45) is 0. The molecule has 7 heteroatoms. The van der Waals surface area contributed by atoms with Gasteiger partial charge in [0.1, 0.15) is 10.8 Å². The van der Waals surface area contributed by atoms with Crippen LogP contribution in [0, 0.1) is 0 Å². The van der Waals surface area contributed by atoms with Crippen molar-refractivity contribution in [3.05, 3.63) is 83.4 Å². The van der Waals surface area contributed by atoms with Crippen molar-refractivity contribution in [2.45, 2.75) is 13.5 Å². The molecule has 0 radical (unpaired) electrons. The van der Waals surface area contributed by atoms with E-state index in [0.29, 0.717) is 19.0 Å². The summed E-state index contributed by atoms with van der Waals surface area (Å²) >= 11 is 1.64. The van der Waals surface area contributed by atoms with Gasteiger partial charge in [0.15, 0.2) is 5.69 Å². The molecule has 0 aliphatic rings. The number of rotatable bonds is 7. The van der Waals surface area contributed by atoms with Gasteiger partial charge in [0.05, 0.1) is 12.3 Å². The van der Waals surface area contributed by atoms with Crippen LogP contribution >= 0.6 is 11.3 Å². The summed E-state index contributed by atoms with van der Waals surface area (Å²) in [7, 11) is 0. The molecule has 0 unspecified atom stereocenters. The summed E-state index contributed by atoms with van der Waals surface area (Å²) in [6.45, 7) is 2.66. The number of carbonyl (C=O) groups is 1. The number of esters is 1. The average Bonchev–Trinajstić information content (AvgIpc) is 3.29. The number of thiazole rings is 1. The van der Waals surface area contributed by atoms with Crippen LogP contribution in [0.25, 0.3) is 21.8 Å². The van der Waals surface area contributed by atoms with Crippen LogP contribution in [-0.2, 0) is 11.3 Å². The molecule has 0 aliphatic heterocycles. The molecule has 2 heterocycles. The lowest BCUT2D eigenvalue weighted by molar-refractivity contribution is 0.0518. The highest BCUT2D eigenvalue weighted by molar-refractivity contribution is 7.13. The molecule has 0 fully saturated rings. The Kier molecular flexibility index (Phi) is 6.10. The van der Waals surface area contributed by atoms with Gasteiger partial charge in [0, 0.05) is 23.1 Å². The molecule has 0 saturated heterocycles. The smallest absolute Gasteiger partial charge is 0.358 e. The number of anilines is 1. The van der Waals surface area contributed by atoms with E-state index in [1.807, 2.05) is 18.2 Å². The molecule has 4 rings (SSSR count). The Hall–Kier alpha value is -3.58. The normalized spacial score (nSPS) is 10.6. The zero-order chi connectivity index (χ0) is 20.8. The van der Waals surface area contributed by atoms with E-state index < -0.39 is 5.97 Å². The summed E-state index contributed by atoms with van der Waals surface area (Å²) in [6, 6.07) is 21.8. The van der Waals surface area contributed by atoms with Gasteiger partial charge in [0.25, 0.3) is 0 Å². The molecule has 1 N–H and O–H groups in total. The van der Waals surface area contributed by atoms with Crippen molar-refractivity contribution in [1.82, 2.24) is 15.2 Å². The second-order valence-corrected chi connectivity index (χ2v) is 7.34. The number of nitrogens with one attached hydrogen (secondary N) is 1. The Labute approximate surface area is 178 Å². The lowest BCUT2D eigenvalue weighted by Gasteiger charge is -2.06. The minimum atomic E-state index is -0.468. The zero-order valence-electron chi connectivity index (χ0n) is 16.4. The van der Waals surface area contributed by atoms with Crippen LogP contribution in [0.3, 0.4) is 0 Å². The van der Waals surface area contributed by atoms with E-state index in [1.165, 1.54) is 0 Å². The molecule has 6 nitrogen and oxygen atoms in total. The van der Waals surface area contributed by atoms with Crippen molar-refractivity contribution in [3.63, 3.8) is 0 Å². The van der Waals surface area contributed by atoms with E-state index in [-0.39, 0.29) is 5.69 Å². The minimum absolute atomic E-state index is 0.199. The van der Waals surface area contributed by atoms with Crippen molar-refractivity contribution in [2.24, 2.45) is 0 Å². The van der Waals surface area contributed by atoms with Crippen LogP contribution in [0.1, 0.15) is 23.0 Å². The highest BCUT2D eigenvalue weighted by Gasteiger charge is 2.09. The largest absolute Gasteiger partial charge is 0.461 e. The molecular formula is C23H20N4O2S. The lowest BCUT2D eigenvalue weighted by atomic mass is 10.1. The number of hydrogen-bond acceptors (Lipinski definition) is 7. The van der Waals surface area contributed by atoms with Gasteiger partial charge in [-0.2, -0.15) is 0 Å². The Bertz CT molecular complexity index is 1110. The standard InChI is InChI=1S/C23H20N4O2S/c1-2-29-23(28)19-12-13-21(27-26-19)24-14-16-8-10-18(11-9-16)22-25-20(15-30-22)17-6-4-3-5-7-17/h3-13,15H,2,14H2,1H3,(H,24,27). The van der Waals surface area contributed by atoms with Gasteiger partial charge in [-0.3, -0.25) is 0 Å². The van der Waals surface area contributed by atoms with Crippen LogP contribution in [0.5, 0.6) is 0 Å². The fraction of sp³-hybridized carbons (Fsp3) is 0.130. The number of ether oxygens (including phenoxy) is 1. The number of carbonyl (C=O) groups excluding carboxylic acids is 1. The summed E-state index contributed by atoms with van der Waals surface area (Å²) < 4.78 is 4.91. The number of hydrogen-bond donors (Lipinski definition) is 1. The van der Waals surface area contributed by atoms with Crippen molar-refractivity contribution in [3.8, 4) is 21.8 Å². The fourth-order valence-corrected chi connectivity index (χ4v) is 3.68. The van der Waals surface area contributed by atoms with Crippen LogP contribution in [-0.4, -0.2) is 27.8 Å². The summed E-state index contributed by atoms with van der Waals surface area (Å²) in [5.74, 6) is 0.129. The topological polar surface area (TPSA) is 77.0 Å². The number of nitrogens with zero attached hydrogens (tertiary/aromatic N) is 3. The third-order valence-electron chi connectivity index (χ3n) is 4.40. The highest BCUT2D eigenvalue weighted by atomic mass is 32.1. The molecule has 0 saturated carbocycles. The number of benzene rings is 2. The quantitative estimate of drug-likeness (QED) is 0.425. The van der Waals surface area contributed by atoms with Gasteiger partial charge in [-0.05, 0) is 24.6 Å². The molecular weight excluding hydrogens is 396 g/mol. The first kappa shape index (κ1) is 19.7. The van der Waals surface area contributed by atoms with Crippen molar-refractivity contribution in [1.29, 1.82) is 0 Å². The van der Waals surface area contributed by atoms with Crippen LogP contribution in [0.15, 0.2) is 72.1 Å². The molecule has 0 aliphatic carbocycles. The third-order valence-corrected chi connectivity index (χ3v) is 5.29. The summed E-state index contributed by atoms with van der Waals surface area (Å²) in [5, 5.41) is 14.2. The van der Waals surface area contributed by atoms with E-state index in [0.717, 1.165) is 27.4 Å². The fourth-order valence-electron chi connectivity index (χ4n) is 2.85. The summed E-state index contributed by atoms with van der Waals surface area (Å²) in [4.78, 5) is 16.4. The average molecular weight is 417 g/mol.